The van der Waals surface area contributed by atoms with E-state index in [0.717, 1.165) is 45.4 Å². The number of benzene rings is 8. The molecule has 11 rings (SSSR count). The minimum atomic E-state index is -0.466. The number of hydrogen-bond donors (Lipinski definition) is 0. The highest BCUT2D eigenvalue weighted by molar-refractivity contribution is 7.00. The van der Waals surface area contributed by atoms with Crippen LogP contribution in [0.2, 0.25) is 0 Å². The van der Waals surface area contributed by atoms with Crippen molar-refractivity contribution in [2.45, 2.75) is 157 Å². The van der Waals surface area contributed by atoms with Crippen molar-refractivity contribution in [3.05, 3.63) is 202 Å². The second-order valence-corrected chi connectivity index (χ2v) is 28.2. The van der Waals surface area contributed by atoms with Crippen LogP contribution < -0.4 is 31.1 Å². The van der Waals surface area contributed by atoms with E-state index in [-0.39, 0.29) is 39.6 Å². The summed E-state index contributed by atoms with van der Waals surface area (Å²) in [7, 11) is 0. The van der Waals surface area contributed by atoms with Crippen molar-refractivity contribution in [1.29, 1.82) is 0 Å². The third kappa shape index (κ3) is 8.63. The van der Waals surface area contributed by atoms with Crippen LogP contribution in [0, 0.1) is 12.7 Å². The van der Waals surface area contributed by atoms with Gasteiger partial charge in [0.15, 0.2) is 0 Å². The summed E-state index contributed by atoms with van der Waals surface area (Å²) in [5.74, 6) is -0.248. The molecule has 0 bridgehead atoms. The van der Waals surface area contributed by atoms with E-state index in [1.165, 1.54) is 72.1 Å². The number of halogens is 1. The Morgan fingerprint density at radius 1 is 0.442 bits per heavy atom. The van der Waals surface area contributed by atoms with Gasteiger partial charge in [0.05, 0.1) is 11.4 Å². The van der Waals surface area contributed by atoms with E-state index in [2.05, 4.69) is 272 Å². The minimum absolute atomic E-state index is 0.0103. The number of nitrogens with zero attached hydrogens (tertiary/aromatic N) is 3. The van der Waals surface area contributed by atoms with Gasteiger partial charge >= 0.3 is 0 Å². The smallest absolute Gasteiger partial charge is 0.252 e. The molecular weight excluding hydrogens is 937 g/mol. The fourth-order valence-corrected chi connectivity index (χ4v) is 12.6. The van der Waals surface area contributed by atoms with Crippen molar-refractivity contribution in [3.63, 3.8) is 0 Å². The summed E-state index contributed by atoms with van der Waals surface area (Å²) in [5.41, 5.74) is 24.1. The van der Waals surface area contributed by atoms with Crippen LogP contribution in [0.3, 0.4) is 0 Å². The molecule has 77 heavy (non-hydrogen) atoms. The maximum atomic E-state index is 17.8. The molecular formula is C72H79BFN3. The Kier molecular flexibility index (Phi) is 11.9. The summed E-state index contributed by atoms with van der Waals surface area (Å²) >= 11 is 0. The summed E-state index contributed by atoms with van der Waals surface area (Å²) < 4.78 is 17.8. The fourth-order valence-electron chi connectivity index (χ4n) is 12.6. The molecule has 8 aromatic carbocycles. The van der Waals surface area contributed by atoms with Gasteiger partial charge in [0.25, 0.3) is 6.71 Å². The van der Waals surface area contributed by atoms with Crippen LogP contribution in [0.1, 0.15) is 162 Å². The average Bonchev–Trinajstić information content (AvgIpc) is 3.71. The van der Waals surface area contributed by atoms with E-state index in [1.54, 1.807) is 6.07 Å². The monoisotopic (exact) mass is 1020 g/mol. The van der Waals surface area contributed by atoms with Crippen molar-refractivity contribution in [3.8, 4) is 11.1 Å². The third-order valence-corrected chi connectivity index (χ3v) is 17.1. The third-order valence-electron chi connectivity index (χ3n) is 17.1. The molecule has 0 fully saturated rings. The Morgan fingerprint density at radius 2 is 0.909 bits per heavy atom. The average molecular weight is 1020 g/mol. The van der Waals surface area contributed by atoms with E-state index < -0.39 is 5.41 Å². The van der Waals surface area contributed by atoms with E-state index in [1.807, 2.05) is 13.0 Å². The topological polar surface area (TPSA) is 9.72 Å². The predicted octanol–water partition coefficient (Wildman–Crippen LogP) is 18.5. The second-order valence-electron chi connectivity index (χ2n) is 28.2. The highest BCUT2D eigenvalue weighted by Gasteiger charge is 2.51. The first-order chi connectivity index (χ1) is 35.9. The lowest BCUT2D eigenvalue weighted by Gasteiger charge is -2.47. The van der Waals surface area contributed by atoms with Gasteiger partial charge in [-0.1, -0.05) is 197 Å². The second kappa shape index (κ2) is 17.6. The van der Waals surface area contributed by atoms with Crippen LogP contribution in [0.4, 0.5) is 55.6 Å². The van der Waals surface area contributed by atoms with Crippen LogP contribution in [-0.4, -0.2) is 6.71 Å². The number of rotatable bonds is 5. The molecule has 0 atom stereocenters. The van der Waals surface area contributed by atoms with Gasteiger partial charge in [-0.25, -0.2) is 4.39 Å². The predicted molar refractivity (Wildman–Crippen MR) is 331 cm³/mol. The molecule has 3 aliphatic rings. The van der Waals surface area contributed by atoms with Crippen molar-refractivity contribution in [1.82, 2.24) is 0 Å². The lowest BCUT2D eigenvalue weighted by molar-refractivity contribution is 0.589. The summed E-state index contributed by atoms with van der Waals surface area (Å²) in [6.45, 7) is 41.1. The van der Waals surface area contributed by atoms with E-state index in [0.29, 0.717) is 5.69 Å². The molecule has 8 aromatic rings. The fraction of sp³-hybridized carbons (Fsp3) is 0.333. The van der Waals surface area contributed by atoms with Crippen LogP contribution in [0.15, 0.2) is 152 Å². The summed E-state index contributed by atoms with van der Waals surface area (Å²) in [6.07, 6.45) is 0. The van der Waals surface area contributed by atoms with Gasteiger partial charge in [-0.15, -0.1) is 0 Å². The van der Waals surface area contributed by atoms with Crippen molar-refractivity contribution in [2.75, 3.05) is 14.7 Å². The van der Waals surface area contributed by atoms with Crippen molar-refractivity contribution < 1.29 is 4.39 Å². The van der Waals surface area contributed by atoms with Gasteiger partial charge < -0.3 is 14.7 Å². The van der Waals surface area contributed by atoms with Gasteiger partial charge in [0.1, 0.15) is 5.82 Å². The summed E-state index contributed by atoms with van der Waals surface area (Å²) in [6, 6.07) is 57.1. The highest BCUT2D eigenvalue weighted by atomic mass is 19.1. The van der Waals surface area contributed by atoms with Gasteiger partial charge in [0.2, 0.25) is 0 Å². The molecule has 0 saturated heterocycles. The molecule has 2 heterocycles. The van der Waals surface area contributed by atoms with Gasteiger partial charge in [0, 0.05) is 50.8 Å². The molecule has 0 radical (unpaired) electrons. The number of anilines is 9. The molecule has 3 nitrogen and oxygen atoms in total. The van der Waals surface area contributed by atoms with Crippen molar-refractivity contribution in [2.24, 2.45) is 0 Å². The van der Waals surface area contributed by atoms with Crippen LogP contribution >= 0.6 is 0 Å². The number of fused-ring (bicyclic) bond motifs is 8. The highest BCUT2D eigenvalue weighted by Crippen LogP contribution is 2.58. The molecule has 392 valence electrons. The Labute approximate surface area is 461 Å². The zero-order valence-electron chi connectivity index (χ0n) is 49.2. The summed E-state index contributed by atoms with van der Waals surface area (Å²) in [4.78, 5) is 7.33. The minimum Gasteiger partial charge on any atom is -0.311 e. The molecule has 0 spiro atoms. The van der Waals surface area contributed by atoms with Crippen molar-refractivity contribution >= 4 is 74.3 Å². The molecule has 1 aliphatic carbocycles. The van der Waals surface area contributed by atoms with E-state index in [4.69, 9.17) is 0 Å². The molecule has 0 unspecified atom stereocenters. The number of aryl methyl sites for hydroxylation is 1. The summed E-state index contributed by atoms with van der Waals surface area (Å²) in [5, 5.41) is 0. The van der Waals surface area contributed by atoms with Crippen LogP contribution in [-0.2, 0) is 32.5 Å². The Hall–Kier alpha value is -6.85. The molecule has 0 aromatic heterocycles. The normalized spacial score (nSPS) is 14.7. The zero-order valence-corrected chi connectivity index (χ0v) is 49.2. The largest absolute Gasteiger partial charge is 0.311 e. The quantitative estimate of drug-likeness (QED) is 0.159. The molecule has 0 N–H and O–H groups in total. The standard InChI is InChI=1S/C72H79BFN3/c1-44-23-37-58(56(74)39-44)77-61-42-49(71(14,15)16)41-60-65(61)73(55-40-48(70(11,12)13)30-38-57(55)76(60)52-35-28-47(29-36-52)69(8,9)10)66-62(77)43-59(63-53-21-19-20-22-54(53)72(17,18)64(63)66)75(50-31-24-45(25-32-50)67(2,3)4)51-33-26-46(27-34-51)68(5,6)7/h19-43H,1-18H3. The first-order valence-electron chi connectivity index (χ1n) is 28.1. The Morgan fingerprint density at radius 3 is 1.43 bits per heavy atom. The SMILES string of the molecule is Cc1ccc(N2c3cc(C(C)(C)C)cc4c3B(c3cc(C(C)(C)C)ccc3N4c3ccc(C(C)(C)C)cc3)c3c2cc(N(c2ccc(C(C)(C)C)cc2)c2ccc(C(C)(C)C)cc2)c2c3C(C)(C)c3ccccc3-2)c(F)c1. The van der Waals surface area contributed by atoms with Crippen LogP contribution in [0.25, 0.3) is 11.1 Å². The Bertz CT molecular complexity index is 3580. The lowest BCUT2D eigenvalue weighted by Crippen LogP contribution is -2.63. The first-order valence-corrected chi connectivity index (χ1v) is 28.1. The van der Waals surface area contributed by atoms with Gasteiger partial charge in [-0.3, -0.25) is 0 Å². The maximum absolute atomic E-state index is 17.8. The van der Waals surface area contributed by atoms with Gasteiger partial charge in [-0.2, -0.15) is 0 Å². The van der Waals surface area contributed by atoms with E-state index in [9.17, 15) is 0 Å². The van der Waals surface area contributed by atoms with E-state index >= 15 is 4.39 Å². The molecule has 2 aliphatic heterocycles. The maximum Gasteiger partial charge on any atom is 0.252 e. The van der Waals surface area contributed by atoms with Crippen LogP contribution in [0.5, 0.6) is 0 Å². The zero-order chi connectivity index (χ0) is 55.3. The first kappa shape index (κ1) is 52.2. The Balaban J connectivity index is 1.33. The molecule has 0 saturated carbocycles. The molecule has 0 amide bonds. The lowest BCUT2D eigenvalue weighted by atomic mass is 9.32. The molecule has 5 heteroatoms. The van der Waals surface area contributed by atoms with Gasteiger partial charge in [-0.05, 0) is 173 Å². The number of hydrogen-bond acceptors (Lipinski definition) is 3.